The minimum atomic E-state index is -0.0363. The van der Waals surface area contributed by atoms with Gasteiger partial charge in [-0.15, -0.1) is 0 Å². The Morgan fingerprint density at radius 3 is 1.18 bits per heavy atom. The molecule has 0 aromatic heterocycles. The standard InChI is InChI=1S/C18H18O4/c19-9-11-21-17-13-5-1-2-6-14(13)18(22-12-10-20)16-8-4-3-7-15(16)17/h1-8,19-20H,9-12H2. The third-order valence-electron chi connectivity index (χ3n) is 3.51. The van der Waals surface area contributed by atoms with E-state index < -0.39 is 0 Å². The minimum absolute atomic E-state index is 0.0363. The first-order valence-electron chi connectivity index (χ1n) is 7.27. The maximum absolute atomic E-state index is 9.06. The average Bonchev–Trinajstić information content (AvgIpc) is 2.58. The number of ether oxygens (including phenoxy) is 2. The number of rotatable bonds is 6. The molecule has 0 heterocycles. The van der Waals surface area contributed by atoms with Gasteiger partial charge in [0.05, 0.1) is 13.2 Å². The highest BCUT2D eigenvalue weighted by Crippen LogP contribution is 2.42. The van der Waals surface area contributed by atoms with E-state index in [1.54, 1.807) is 0 Å². The van der Waals surface area contributed by atoms with Crippen LogP contribution in [0.5, 0.6) is 11.5 Å². The van der Waals surface area contributed by atoms with Gasteiger partial charge >= 0.3 is 0 Å². The zero-order valence-corrected chi connectivity index (χ0v) is 12.2. The molecule has 114 valence electrons. The first-order valence-corrected chi connectivity index (χ1v) is 7.27. The molecule has 0 saturated carbocycles. The molecule has 0 atom stereocenters. The molecule has 0 fully saturated rings. The van der Waals surface area contributed by atoms with E-state index in [4.69, 9.17) is 19.7 Å². The van der Waals surface area contributed by atoms with E-state index in [1.807, 2.05) is 48.5 Å². The lowest BCUT2D eigenvalue weighted by molar-refractivity contribution is 0.202. The molecule has 0 radical (unpaired) electrons. The van der Waals surface area contributed by atoms with Crippen LogP contribution < -0.4 is 9.47 Å². The topological polar surface area (TPSA) is 58.9 Å². The lowest BCUT2D eigenvalue weighted by Crippen LogP contribution is -2.05. The Kier molecular flexibility index (Phi) is 4.42. The number of hydrogen-bond acceptors (Lipinski definition) is 4. The Hall–Kier alpha value is -2.30. The molecular weight excluding hydrogens is 280 g/mol. The number of aliphatic hydroxyl groups is 2. The van der Waals surface area contributed by atoms with Crippen molar-refractivity contribution in [2.75, 3.05) is 26.4 Å². The van der Waals surface area contributed by atoms with Crippen molar-refractivity contribution in [3.63, 3.8) is 0 Å². The predicted octanol–water partition coefficient (Wildman–Crippen LogP) is 2.74. The molecule has 0 aliphatic carbocycles. The molecule has 0 aliphatic rings. The zero-order chi connectivity index (χ0) is 15.4. The summed E-state index contributed by atoms with van der Waals surface area (Å²) in [4.78, 5) is 0. The van der Waals surface area contributed by atoms with E-state index >= 15 is 0 Å². The molecule has 3 aromatic rings. The normalized spacial score (nSPS) is 11.0. The molecule has 3 rings (SSSR count). The van der Waals surface area contributed by atoms with E-state index in [2.05, 4.69) is 0 Å². The van der Waals surface area contributed by atoms with Crippen LogP contribution in [0.25, 0.3) is 21.5 Å². The van der Waals surface area contributed by atoms with Gasteiger partial charge in [0, 0.05) is 21.5 Å². The first kappa shape index (κ1) is 14.6. The summed E-state index contributed by atoms with van der Waals surface area (Å²) < 4.78 is 11.6. The monoisotopic (exact) mass is 298 g/mol. The summed E-state index contributed by atoms with van der Waals surface area (Å²) in [6.07, 6.45) is 0. The Morgan fingerprint density at radius 1 is 0.591 bits per heavy atom. The summed E-state index contributed by atoms with van der Waals surface area (Å²) >= 11 is 0. The molecule has 2 N–H and O–H groups in total. The second-order valence-electron chi connectivity index (χ2n) is 4.89. The number of benzene rings is 3. The highest BCUT2D eigenvalue weighted by molar-refractivity contribution is 6.11. The van der Waals surface area contributed by atoms with Gasteiger partial charge < -0.3 is 19.7 Å². The van der Waals surface area contributed by atoms with Gasteiger partial charge in [-0.1, -0.05) is 48.5 Å². The van der Waals surface area contributed by atoms with Crippen molar-refractivity contribution in [1.29, 1.82) is 0 Å². The SMILES string of the molecule is OCCOc1c2ccccc2c(OCCO)c2ccccc12. The van der Waals surface area contributed by atoms with Crippen LogP contribution in [0.1, 0.15) is 0 Å². The average molecular weight is 298 g/mol. The lowest BCUT2D eigenvalue weighted by Gasteiger charge is -2.17. The van der Waals surface area contributed by atoms with Crippen LogP contribution in [0, 0.1) is 0 Å². The van der Waals surface area contributed by atoms with Gasteiger partial charge in [-0.05, 0) is 0 Å². The second-order valence-corrected chi connectivity index (χ2v) is 4.89. The molecule has 22 heavy (non-hydrogen) atoms. The Bertz CT molecular complexity index is 659. The molecule has 4 heteroatoms. The molecule has 0 unspecified atom stereocenters. The summed E-state index contributed by atoms with van der Waals surface area (Å²) in [5.41, 5.74) is 0. The van der Waals surface area contributed by atoms with Gasteiger partial charge in [0.15, 0.2) is 0 Å². The number of aliphatic hydroxyl groups excluding tert-OH is 2. The number of fused-ring (bicyclic) bond motifs is 2. The Balaban J connectivity index is 2.32. The predicted molar refractivity (Wildman–Crippen MR) is 86.6 cm³/mol. The fourth-order valence-electron chi connectivity index (χ4n) is 2.65. The summed E-state index contributed by atoms with van der Waals surface area (Å²) in [6, 6.07) is 15.7. The molecule has 0 bridgehead atoms. The van der Waals surface area contributed by atoms with Gasteiger partial charge in [-0.25, -0.2) is 0 Å². The summed E-state index contributed by atoms with van der Waals surface area (Å²) in [5, 5.41) is 21.9. The van der Waals surface area contributed by atoms with Gasteiger partial charge in [0.1, 0.15) is 24.7 Å². The van der Waals surface area contributed by atoms with Crippen LogP contribution in [0.3, 0.4) is 0 Å². The van der Waals surface area contributed by atoms with Crippen molar-refractivity contribution in [2.45, 2.75) is 0 Å². The van der Waals surface area contributed by atoms with Gasteiger partial charge in [0.2, 0.25) is 0 Å². The van der Waals surface area contributed by atoms with Crippen molar-refractivity contribution >= 4 is 21.5 Å². The van der Waals surface area contributed by atoms with Crippen molar-refractivity contribution in [2.24, 2.45) is 0 Å². The van der Waals surface area contributed by atoms with Crippen molar-refractivity contribution in [1.82, 2.24) is 0 Å². The van der Waals surface area contributed by atoms with Crippen LogP contribution in [0.2, 0.25) is 0 Å². The van der Waals surface area contributed by atoms with Gasteiger partial charge in [0.25, 0.3) is 0 Å². The molecule has 0 aliphatic heterocycles. The van der Waals surface area contributed by atoms with Crippen LogP contribution >= 0.6 is 0 Å². The second kappa shape index (κ2) is 6.64. The third-order valence-corrected chi connectivity index (χ3v) is 3.51. The summed E-state index contributed by atoms with van der Waals surface area (Å²) in [7, 11) is 0. The maximum Gasteiger partial charge on any atom is 0.135 e. The van der Waals surface area contributed by atoms with E-state index in [0.29, 0.717) is 0 Å². The molecule has 0 saturated heterocycles. The van der Waals surface area contributed by atoms with E-state index in [0.717, 1.165) is 33.0 Å². The zero-order valence-electron chi connectivity index (χ0n) is 12.2. The van der Waals surface area contributed by atoms with E-state index in [1.165, 1.54) is 0 Å². The smallest absolute Gasteiger partial charge is 0.135 e. The first-order chi connectivity index (χ1) is 10.9. The van der Waals surface area contributed by atoms with Gasteiger partial charge in [-0.2, -0.15) is 0 Å². The molecule has 0 spiro atoms. The Labute approximate surface area is 128 Å². The Morgan fingerprint density at radius 2 is 0.909 bits per heavy atom. The quantitative estimate of drug-likeness (QED) is 0.687. The lowest BCUT2D eigenvalue weighted by atomic mass is 10.0. The summed E-state index contributed by atoms with van der Waals surface area (Å²) in [5.74, 6) is 1.49. The number of hydrogen-bond donors (Lipinski definition) is 2. The molecular formula is C18H18O4. The van der Waals surface area contributed by atoms with Crippen molar-refractivity contribution in [3.8, 4) is 11.5 Å². The highest BCUT2D eigenvalue weighted by Gasteiger charge is 2.15. The van der Waals surface area contributed by atoms with Gasteiger partial charge in [-0.3, -0.25) is 0 Å². The largest absolute Gasteiger partial charge is 0.490 e. The molecule has 3 aromatic carbocycles. The highest BCUT2D eigenvalue weighted by atomic mass is 16.5. The van der Waals surface area contributed by atoms with Crippen LogP contribution in [0.4, 0.5) is 0 Å². The third kappa shape index (κ3) is 2.58. The van der Waals surface area contributed by atoms with E-state index in [9.17, 15) is 0 Å². The van der Waals surface area contributed by atoms with E-state index in [-0.39, 0.29) is 26.4 Å². The van der Waals surface area contributed by atoms with Crippen LogP contribution in [-0.4, -0.2) is 36.6 Å². The minimum Gasteiger partial charge on any atom is -0.490 e. The van der Waals surface area contributed by atoms with Crippen molar-refractivity contribution in [3.05, 3.63) is 48.5 Å². The fraction of sp³-hybridized carbons (Fsp3) is 0.222. The summed E-state index contributed by atoms with van der Waals surface area (Å²) in [6.45, 7) is 0.409. The van der Waals surface area contributed by atoms with Crippen LogP contribution in [0.15, 0.2) is 48.5 Å². The maximum atomic E-state index is 9.06. The fourth-order valence-corrected chi connectivity index (χ4v) is 2.65. The van der Waals surface area contributed by atoms with Crippen molar-refractivity contribution < 1.29 is 19.7 Å². The molecule has 0 amide bonds. The molecule has 4 nitrogen and oxygen atoms in total. The van der Waals surface area contributed by atoms with Crippen LogP contribution in [-0.2, 0) is 0 Å².